The molecular formula is C8H16NO2Si. The summed E-state index contributed by atoms with van der Waals surface area (Å²) in [5.74, 6) is 0. The van der Waals surface area contributed by atoms with E-state index in [1.807, 2.05) is 19.2 Å². The second-order valence-electron chi connectivity index (χ2n) is 3.38. The molecule has 0 saturated carbocycles. The van der Waals surface area contributed by atoms with Crippen LogP contribution in [-0.4, -0.2) is 21.5 Å². The highest BCUT2D eigenvalue weighted by atomic mass is 28.4. The first-order chi connectivity index (χ1) is 5.56. The molecule has 0 aliphatic carbocycles. The smallest absolute Gasteiger partial charge is 0.231 e. The summed E-state index contributed by atoms with van der Waals surface area (Å²) in [7, 11) is -2.12. The molecule has 4 heteroatoms. The van der Waals surface area contributed by atoms with E-state index in [1.165, 1.54) is 0 Å². The molecule has 0 fully saturated rings. The van der Waals surface area contributed by atoms with Gasteiger partial charge in [-0.15, -0.1) is 0 Å². The minimum Gasteiger partial charge on any atom is -0.380 e. The fourth-order valence-corrected chi connectivity index (χ4v) is 1.82. The highest BCUT2D eigenvalue weighted by molar-refractivity contribution is 6.69. The summed E-state index contributed by atoms with van der Waals surface area (Å²) in [6.07, 6.45) is 1.28. The van der Waals surface area contributed by atoms with E-state index in [4.69, 9.17) is 10.00 Å². The first-order valence-corrected chi connectivity index (χ1v) is 7.33. The standard InChI is InChI=1S/C8H16NO2Si/c1-12(2,10)8-4-7-11-6-3-5-9/h3-4,6-8H2,1-2H3. The molecular weight excluding hydrogens is 170 g/mol. The van der Waals surface area contributed by atoms with E-state index in [1.54, 1.807) is 0 Å². The number of hydrogen-bond donors (Lipinski definition) is 0. The van der Waals surface area contributed by atoms with E-state index in [9.17, 15) is 4.80 Å². The molecule has 1 radical (unpaired) electrons. The molecule has 0 atom stereocenters. The lowest BCUT2D eigenvalue weighted by molar-refractivity contribution is 0.139. The predicted molar refractivity (Wildman–Crippen MR) is 48.6 cm³/mol. The Morgan fingerprint density at radius 2 is 2.08 bits per heavy atom. The Bertz CT molecular complexity index is 148. The van der Waals surface area contributed by atoms with E-state index < -0.39 is 8.32 Å². The van der Waals surface area contributed by atoms with Gasteiger partial charge in [0.1, 0.15) is 0 Å². The van der Waals surface area contributed by atoms with Crippen LogP contribution in [-0.2, 0) is 9.53 Å². The molecule has 0 rings (SSSR count). The molecule has 0 heterocycles. The topological polar surface area (TPSA) is 52.9 Å². The summed E-state index contributed by atoms with van der Waals surface area (Å²) in [5, 5.41) is 8.18. The SMILES string of the molecule is C[Si](C)([O])CCCOCCC#N. The largest absolute Gasteiger partial charge is 0.380 e. The van der Waals surface area contributed by atoms with Gasteiger partial charge in [-0.25, -0.2) is 0 Å². The second-order valence-corrected chi connectivity index (χ2v) is 7.40. The Labute approximate surface area is 75.1 Å². The minimum absolute atomic E-state index is 0.443. The van der Waals surface area contributed by atoms with Gasteiger partial charge >= 0.3 is 0 Å². The van der Waals surface area contributed by atoms with Gasteiger partial charge in [0.05, 0.1) is 19.1 Å². The van der Waals surface area contributed by atoms with Gasteiger partial charge < -0.3 is 4.74 Å². The normalized spacial score (nSPS) is 11.2. The van der Waals surface area contributed by atoms with Crippen LogP contribution in [0.5, 0.6) is 0 Å². The third-order valence-corrected chi connectivity index (χ3v) is 2.98. The fraction of sp³-hybridized carbons (Fsp3) is 0.875. The average Bonchev–Trinajstić information content (AvgIpc) is 1.94. The average molecular weight is 186 g/mol. The van der Waals surface area contributed by atoms with Crippen molar-refractivity contribution in [1.82, 2.24) is 0 Å². The number of ether oxygens (including phenoxy) is 1. The van der Waals surface area contributed by atoms with Crippen molar-refractivity contribution < 1.29 is 9.53 Å². The lowest BCUT2D eigenvalue weighted by Crippen LogP contribution is -2.22. The summed E-state index contributed by atoms with van der Waals surface area (Å²) >= 11 is 0. The third-order valence-electron chi connectivity index (χ3n) is 1.43. The molecule has 0 aliphatic rings. The summed E-state index contributed by atoms with van der Waals surface area (Å²) in [6, 6.07) is 2.76. The van der Waals surface area contributed by atoms with Gasteiger partial charge in [0.25, 0.3) is 0 Å². The van der Waals surface area contributed by atoms with Crippen LogP contribution in [0.15, 0.2) is 0 Å². The summed E-state index contributed by atoms with van der Waals surface area (Å²) < 4.78 is 5.13. The molecule has 0 saturated heterocycles. The Morgan fingerprint density at radius 3 is 2.58 bits per heavy atom. The van der Waals surface area contributed by atoms with E-state index in [0.717, 1.165) is 12.5 Å². The maximum absolute atomic E-state index is 11.2. The van der Waals surface area contributed by atoms with Crippen LogP contribution in [0.2, 0.25) is 19.1 Å². The summed E-state index contributed by atoms with van der Waals surface area (Å²) in [4.78, 5) is 11.2. The van der Waals surface area contributed by atoms with Crippen LogP contribution in [0.1, 0.15) is 12.8 Å². The minimum atomic E-state index is -2.12. The van der Waals surface area contributed by atoms with Crippen molar-refractivity contribution in [2.24, 2.45) is 0 Å². The molecule has 69 valence electrons. The summed E-state index contributed by atoms with van der Waals surface area (Å²) in [6.45, 7) is 4.74. The molecule has 3 nitrogen and oxygen atoms in total. The van der Waals surface area contributed by atoms with Crippen molar-refractivity contribution in [2.75, 3.05) is 13.2 Å². The molecule has 0 bridgehead atoms. The predicted octanol–water partition coefficient (Wildman–Crippen LogP) is 1.94. The molecule has 0 N–H and O–H groups in total. The van der Waals surface area contributed by atoms with Gasteiger partial charge in [-0.2, -0.15) is 5.26 Å². The van der Waals surface area contributed by atoms with Crippen molar-refractivity contribution >= 4 is 8.32 Å². The zero-order valence-corrected chi connectivity index (χ0v) is 8.80. The number of rotatable bonds is 6. The van der Waals surface area contributed by atoms with Gasteiger partial charge in [0.15, 0.2) is 0 Å². The van der Waals surface area contributed by atoms with Gasteiger partial charge in [-0.3, -0.25) is 4.80 Å². The maximum atomic E-state index is 11.2. The van der Waals surface area contributed by atoms with Crippen LogP contribution in [0, 0.1) is 11.3 Å². The first kappa shape index (κ1) is 11.6. The van der Waals surface area contributed by atoms with Crippen LogP contribution < -0.4 is 0 Å². The van der Waals surface area contributed by atoms with Gasteiger partial charge in [-0.05, 0) is 25.6 Å². The molecule has 0 aromatic rings. The molecule has 0 amide bonds. The quantitative estimate of drug-likeness (QED) is 0.470. The maximum Gasteiger partial charge on any atom is 0.231 e. The van der Waals surface area contributed by atoms with E-state index in [-0.39, 0.29) is 0 Å². The molecule has 0 aliphatic heterocycles. The number of hydrogen-bond acceptors (Lipinski definition) is 2. The molecule has 0 aromatic carbocycles. The molecule has 0 aromatic heterocycles. The lowest BCUT2D eigenvalue weighted by atomic mass is 10.5. The van der Waals surface area contributed by atoms with Crippen LogP contribution in [0.25, 0.3) is 0 Å². The number of nitrogens with zero attached hydrogens (tertiary/aromatic N) is 1. The zero-order valence-electron chi connectivity index (χ0n) is 7.80. The van der Waals surface area contributed by atoms with E-state index >= 15 is 0 Å². The van der Waals surface area contributed by atoms with Crippen molar-refractivity contribution in [3.05, 3.63) is 0 Å². The number of nitriles is 1. The monoisotopic (exact) mass is 186 g/mol. The third kappa shape index (κ3) is 9.63. The molecule has 0 unspecified atom stereocenters. The van der Waals surface area contributed by atoms with Crippen molar-refractivity contribution in [3.8, 4) is 6.07 Å². The molecule has 12 heavy (non-hydrogen) atoms. The van der Waals surface area contributed by atoms with Crippen LogP contribution >= 0.6 is 0 Å². The van der Waals surface area contributed by atoms with Crippen molar-refractivity contribution in [2.45, 2.75) is 32.0 Å². The van der Waals surface area contributed by atoms with Gasteiger partial charge in [0, 0.05) is 6.61 Å². The highest BCUT2D eigenvalue weighted by Gasteiger charge is 2.18. The Hall–Kier alpha value is -0.373. The van der Waals surface area contributed by atoms with Crippen LogP contribution in [0.3, 0.4) is 0 Å². The highest BCUT2D eigenvalue weighted by Crippen LogP contribution is 2.08. The Morgan fingerprint density at radius 1 is 1.42 bits per heavy atom. The fourth-order valence-electron chi connectivity index (χ4n) is 0.820. The first-order valence-electron chi connectivity index (χ1n) is 4.21. The van der Waals surface area contributed by atoms with Crippen molar-refractivity contribution in [3.63, 3.8) is 0 Å². The van der Waals surface area contributed by atoms with Gasteiger partial charge in [0.2, 0.25) is 8.32 Å². The van der Waals surface area contributed by atoms with E-state index in [2.05, 4.69) is 0 Å². The summed E-state index contributed by atoms with van der Waals surface area (Å²) in [5.41, 5.74) is 0. The Kier molecular flexibility index (Phi) is 5.99. The van der Waals surface area contributed by atoms with E-state index in [0.29, 0.717) is 19.6 Å². The van der Waals surface area contributed by atoms with Crippen LogP contribution in [0.4, 0.5) is 0 Å². The van der Waals surface area contributed by atoms with Crippen molar-refractivity contribution in [1.29, 1.82) is 5.26 Å². The lowest BCUT2D eigenvalue weighted by Gasteiger charge is -2.09. The Balaban J connectivity index is 3.07. The van der Waals surface area contributed by atoms with Gasteiger partial charge in [-0.1, -0.05) is 0 Å². The zero-order chi connectivity index (χ0) is 9.45. The molecule has 0 spiro atoms. The second kappa shape index (κ2) is 6.18.